The Morgan fingerprint density at radius 1 is 1.14 bits per heavy atom. The predicted octanol–water partition coefficient (Wildman–Crippen LogP) is 1.85. The second-order valence-electron chi connectivity index (χ2n) is 7.13. The van der Waals surface area contributed by atoms with Gasteiger partial charge in [-0.3, -0.25) is 4.98 Å². The molecule has 3 heterocycles. The van der Waals surface area contributed by atoms with E-state index in [9.17, 15) is 0 Å². The number of hydrogen-bond acceptors (Lipinski definition) is 4. The van der Waals surface area contributed by atoms with Crippen molar-refractivity contribution in [3.05, 3.63) is 23.9 Å². The van der Waals surface area contributed by atoms with Crippen LogP contribution in [-0.4, -0.2) is 36.4 Å². The molecule has 2 aliphatic rings. The zero-order valence-electron chi connectivity index (χ0n) is 13.5. The first kappa shape index (κ1) is 15.0. The van der Waals surface area contributed by atoms with Crippen LogP contribution in [0.2, 0.25) is 0 Å². The summed E-state index contributed by atoms with van der Waals surface area (Å²) in [5, 5.41) is 3.41. The molecule has 2 aliphatic heterocycles. The van der Waals surface area contributed by atoms with Gasteiger partial charge in [0.15, 0.2) is 0 Å². The Morgan fingerprint density at radius 3 is 2.38 bits per heavy atom. The number of piperidine rings is 1. The van der Waals surface area contributed by atoms with Gasteiger partial charge in [0.2, 0.25) is 0 Å². The Bertz CT molecular complexity index is 497. The lowest BCUT2D eigenvalue weighted by Gasteiger charge is -2.32. The molecule has 0 aliphatic carbocycles. The van der Waals surface area contributed by atoms with Gasteiger partial charge in [-0.25, -0.2) is 0 Å². The second-order valence-corrected chi connectivity index (χ2v) is 7.13. The minimum atomic E-state index is -0.364. The normalized spacial score (nSPS) is 25.2. The van der Waals surface area contributed by atoms with E-state index in [0.717, 1.165) is 18.7 Å². The largest absolute Gasteiger partial charge is 0.514 e. The standard InChI is InChI=1S/C16H25BN2O2/c1-15(2)16(3,4)21-17(20-15)14-11-13(7-10-19-14)12-5-8-18-9-6-12/h7,10-12,18H,5-6,8-9H2,1-4H3. The molecular weight excluding hydrogens is 263 g/mol. The Morgan fingerprint density at radius 2 is 1.76 bits per heavy atom. The van der Waals surface area contributed by atoms with E-state index in [1.165, 1.54) is 18.4 Å². The lowest BCUT2D eigenvalue weighted by atomic mass is 9.81. The van der Waals surface area contributed by atoms with Crippen LogP contribution in [0.15, 0.2) is 18.3 Å². The quantitative estimate of drug-likeness (QED) is 0.843. The highest BCUT2D eigenvalue weighted by Crippen LogP contribution is 2.36. The maximum absolute atomic E-state index is 6.10. The molecule has 0 bridgehead atoms. The summed E-state index contributed by atoms with van der Waals surface area (Å²) < 4.78 is 12.2. The zero-order valence-corrected chi connectivity index (χ0v) is 13.5. The van der Waals surface area contributed by atoms with Gasteiger partial charge in [0, 0.05) is 6.20 Å². The highest BCUT2D eigenvalue weighted by atomic mass is 16.7. The molecule has 0 saturated carbocycles. The molecule has 21 heavy (non-hydrogen) atoms. The molecule has 0 atom stereocenters. The van der Waals surface area contributed by atoms with Crippen molar-refractivity contribution in [2.75, 3.05) is 13.1 Å². The molecule has 1 aromatic rings. The Hall–Kier alpha value is -0.905. The van der Waals surface area contributed by atoms with Gasteiger partial charge < -0.3 is 14.6 Å². The number of pyridine rings is 1. The summed E-state index contributed by atoms with van der Waals surface area (Å²) in [7, 11) is -0.364. The number of nitrogens with zero attached hydrogens (tertiary/aromatic N) is 1. The van der Waals surface area contributed by atoms with E-state index in [4.69, 9.17) is 9.31 Å². The molecule has 4 nitrogen and oxygen atoms in total. The van der Waals surface area contributed by atoms with E-state index < -0.39 is 0 Å². The molecular formula is C16H25BN2O2. The van der Waals surface area contributed by atoms with Gasteiger partial charge in [0.1, 0.15) is 0 Å². The summed E-state index contributed by atoms with van der Waals surface area (Å²) in [5.41, 5.74) is 1.62. The molecule has 0 unspecified atom stereocenters. The van der Waals surface area contributed by atoms with E-state index in [0.29, 0.717) is 5.92 Å². The van der Waals surface area contributed by atoms with E-state index in [1.807, 2.05) is 6.20 Å². The lowest BCUT2D eigenvalue weighted by molar-refractivity contribution is 0.00578. The maximum Gasteiger partial charge on any atom is 0.514 e. The van der Waals surface area contributed by atoms with E-state index in [-0.39, 0.29) is 18.3 Å². The van der Waals surface area contributed by atoms with Crippen molar-refractivity contribution in [2.24, 2.45) is 0 Å². The van der Waals surface area contributed by atoms with Crippen molar-refractivity contribution >= 4 is 12.7 Å². The molecule has 1 aromatic heterocycles. The topological polar surface area (TPSA) is 43.4 Å². The molecule has 1 N–H and O–H groups in total. The molecule has 5 heteroatoms. The fourth-order valence-electron chi connectivity index (χ4n) is 2.97. The Kier molecular flexibility index (Phi) is 3.84. The minimum Gasteiger partial charge on any atom is -0.398 e. The van der Waals surface area contributed by atoms with Crippen LogP contribution < -0.4 is 10.9 Å². The Labute approximate surface area is 127 Å². The summed E-state index contributed by atoms with van der Waals surface area (Å²) in [6.07, 6.45) is 4.26. The third-order valence-corrected chi connectivity index (χ3v) is 5.11. The van der Waals surface area contributed by atoms with Crippen LogP contribution in [-0.2, 0) is 9.31 Å². The SMILES string of the molecule is CC1(C)OB(c2cc(C3CCNCC3)ccn2)OC1(C)C. The van der Waals surface area contributed by atoms with Gasteiger partial charge in [-0.05, 0) is 77.2 Å². The van der Waals surface area contributed by atoms with Gasteiger partial charge >= 0.3 is 7.12 Å². The van der Waals surface area contributed by atoms with Gasteiger partial charge in [0.05, 0.1) is 16.8 Å². The van der Waals surface area contributed by atoms with Gasteiger partial charge in [-0.2, -0.15) is 0 Å². The van der Waals surface area contributed by atoms with Crippen LogP contribution in [0, 0.1) is 0 Å². The average molecular weight is 288 g/mol. The summed E-state index contributed by atoms with van der Waals surface area (Å²) >= 11 is 0. The molecule has 0 amide bonds. The van der Waals surface area contributed by atoms with Crippen molar-refractivity contribution in [1.82, 2.24) is 10.3 Å². The van der Waals surface area contributed by atoms with Crippen molar-refractivity contribution in [1.29, 1.82) is 0 Å². The second kappa shape index (κ2) is 5.38. The maximum atomic E-state index is 6.10. The van der Waals surface area contributed by atoms with Crippen molar-refractivity contribution in [3.8, 4) is 0 Å². The van der Waals surface area contributed by atoms with Crippen LogP contribution in [0.1, 0.15) is 52.0 Å². The fraction of sp³-hybridized carbons (Fsp3) is 0.688. The van der Waals surface area contributed by atoms with Crippen molar-refractivity contribution in [2.45, 2.75) is 57.7 Å². The van der Waals surface area contributed by atoms with E-state index in [1.54, 1.807) is 0 Å². The lowest BCUT2D eigenvalue weighted by Crippen LogP contribution is -2.41. The van der Waals surface area contributed by atoms with Gasteiger partial charge in [-0.15, -0.1) is 0 Å². The van der Waals surface area contributed by atoms with Crippen LogP contribution >= 0.6 is 0 Å². The number of rotatable bonds is 2. The van der Waals surface area contributed by atoms with E-state index >= 15 is 0 Å². The molecule has 0 aromatic carbocycles. The van der Waals surface area contributed by atoms with Gasteiger partial charge in [-0.1, -0.05) is 0 Å². The van der Waals surface area contributed by atoms with Crippen LogP contribution in [0.5, 0.6) is 0 Å². The van der Waals surface area contributed by atoms with Crippen LogP contribution in [0.4, 0.5) is 0 Å². The smallest absolute Gasteiger partial charge is 0.398 e. The third-order valence-electron chi connectivity index (χ3n) is 5.11. The number of aromatic nitrogens is 1. The Balaban J connectivity index is 1.81. The monoisotopic (exact) mass is 288 g/mol. The van der Waals surface area contributed by atoms with Crippen molar-refractivity contribution in [3.63, 3.8) is 0 Å². The van der Waals surface area contributed by atoms with Crippen molar-refractivity contribution < 1.29 is 9.31 Å². The highest BCUT2D eigenvalue weighted by molar-refractivity contribution is 6.61. The summed E-state index contributed by atoms with van der Waals surface area (Å²) in [6, 6.07) is 4.29. The first-order valence-corrected chi connectivity index (χ1v) is 7.91. The summed E-state index contributed by atoms with van der Waals surface area (Å²) in [4.78, 5) is 4.48. The van der Waals surface area contributed by atoms with Crippen LogP contribution in [0.25, 0.3) is 0 Å². The molecule has 2 saturated heterocycles. The first-order valence-electron chi connectivity index (χ1n) is 7.91. The third kappa shape index (κ3) is 2.87. The molecule has 114 valence electrons. The minimum absolute atomic E-state index is 0.315. The zero-order chi connectivity index (χ0) is 15.1. The molecule has 3 rings (SSSR count). The predicted molar refractivity (Wildman–Crippen MR) is 84.8 cm³/mol. The average Bonchev–Trinajstić information content (AvgIpc) is 2.69. The summed E-state index contributed by atoms with van der Waals surface area (Å²) in [5.74, 6) is 0.621. The highest BCUT2D eigenvalue weighted by Gasteiger charge is 2.52. The fourth-order valence-corrected chi connectivity index (χ4v) is 2.97. The molecule has 0 spiro atoms. The number of hydrogen-bond donors (Lipinski definition) is 1. The van der Waals surface area contributed by atoms with Crippen LogP contribution in [0.3, 0.4) is 0 Å². The first-order chi connectivity index (χ1) is 9.89. The van der Waals surface area contributed by atoms with Gasteiger partial charge in [0.25, 0.3) is 0 Å². The molecule has 2 fully saturated rings. The molecule has 0 radical (unpaired) electrons. The summed E-state index contributed by atoms with van der Waals surface area (Å²) in [6.45, 7) is 10.5. The number of nitrogens with one attached hydrogen (secondary N) is 1. The van der Waals surface area contributed by atoms with E-state index in [2.05, 4.69) is 50.1 Å².